The van der Waals surface area contributed by atoms with Gasteiger partial charge in [-0.3, -0.25) is 18.6 Å². The van der Waals surface area contributed by atoms with E-state index in [0.717, 1.165) is 6.42 Å². The monoisotopic (exact) mass is 427 g/mol. The molecule has 0 fully saturated rings. The summed E-state index contributed by atoms with van der Waals surface area (Å²) < 4.78 is 34.8. The number of likely N-dealkylation sites (N-methyl/N-ethyl adjacent to an activating group) is 1. The van der Waals surface area contributed by atoms with E-state index in [1.807, 2.05) is 6.92 Å². The van der Waals surface area contributed by atoms with Crippen LogP contribution in [0.5, 0.6) is 11.6 Å². The first-order chi connectivity index (χ1) is 13.3. The van der Waals surface area contributed by atoms with Crippen LogP contribution in [0.25, 0.3) is 0 Å². The van der Waals surface area contributed by atoms with Crippen LogP contribution < -0.4 is 14.2 Å². The van der Waals surface area contributed by atoms with Gasteiger partial charge in [-0.2, -0.15) is 0 Å². The van der Waals surface area contributed by atoms with Crippen LogP contribution in [0.4, 0.5) is 5.69 Å². The number of nitrogens with one attached hydrogen (secondary N) is 1. The number of rotatable bonds is 5. The SMILES string of the molecule is CC[C@H]1COc2ncc(NS(O)(O)c3cc(Cl)ccc3OC)cc2C(=O)N1C. The summed E-state index contributed by atoms with van der Waals surface area (Å²) in [5, 5.41) is 0.327. The van der Waals surface area contributed by atoms with E-state index >= 15 is 0 Å². The van der Waals surface area contributed by atoms with Crippen molar-refractivity contribution in [1.29, 1.82) is 0 Å². The Morgan fingerprint density at radius 3 is 2.86 bits per heavy atom. The van der Waals surface area contributed by atoms with Crippen LogP contribution in [0.1, 0.15) is 23.7 Å². The molecule has 1 aliphatic rings. The van der Waals surface area contributed by atoms with Gasteiger partial charge in [0.1, 0.15) is 22.8 Å². The van der Waals surface area contributed by atoms with E-state index in [2.05, 4.69) is 9.71 Å². The summed E-state index contributed by atoms with van der Waals surface area (Å²) in [7, 11) is -0.399. The van der Waals surface area contributed by atoms with Crippen LogP contribution >= 0.6 is 22.4 Å². The molecule has 0 saturated carbocycles. The number of nitrogens with zero attached hydrogens (tertiary/aromatic N) is 2. The lowest BCUT2D eigenvalue weighted by Crippen LogP contribution is -2.38. The third-order valence-corrected chi connectivity index (χ3v) is 6.21. The van der Waals surface area contributed by atoms with Crippen molar-refractivity contribution in [3.8, 4) is 11.6 Å². The fourth-order valence-corrected chi connectivity index (χ4v) is 4.41. The molecule has 152 valence electrons. The number of amides is 1. The molecule has 2 aromatic rings. The van der Waals surface area contributed by atoms with E-state index in [1.165, 1.54) is 25.4 Å². The lowest BCUT2D eigenvalue weighted by Gasteiger charge is -2.34. The quantitative estimate of drug-likeness (QED) is 0.659. The van der Waals surface area contributed by atoms with Gasteiger partial charge >= 0.3 is 0 Å². The van der Waals surface area contributed by atoms with Crippen LogP contribution in [0.3, 0.4) is 0 Å². The minimum atomic E-state index is -3.53. The maximum atomic E-state index is 12.8. The van der Waals surface area contributed by atoms with Crippen LogP contribution in [-0.2, 0) is 0 Å². The minimum absolute atomic E-state index is 0.0609. The van der Waals surface area contributed by atoms with E-state index in [0.29, 0.717) is 11.6 Å². The maximum Gasteiger partial charge on any atom is 0.259 e. The van der Waals surface area contributed by atoms with Gasteiger partial charge in [-0.25, -0.2) is 4.98 Å². The molecule has 28 heavy (non-hydrogen) atoms. The number of halogens is 1. The van der Waals surface area contributed by atoms with Crippen molar-refractivity contribution in [3.05, 3.63) is 41.0 Å². The molecule has 1 aromatic carbocycles. The molecule has 0 unspecified atom stereocenters. The highest BCUT2D eigenvalue weighted by Crippen LogP contribution is 2.52. The Morgan fingerprint density at radius 1 is 1.43 bits per heavy atom. The van der Waals surface area contributed by atoms with Gasteiger partial charge in [-0.05, 0) is 30.7 Å². The third-order valence-electron chi connectivity index (χ3n) is 4.53. The van der Waals surface area contributed by atoms with Crippen LogP contribution in [0.2, 0.25) is 5.02 Å². The number of pyridine rings is 1. The summed E-state index contributed by atoms with van der Waals surface area (Å²) in [6, 6.07) is 5.96. The smallest absolute Gasteiger partial charge is 0.259 e. The molecule has 0 spiro atoms. The number of anilines is 1. The van der Waals surface area contributed by atoms with E-state index in [-0.39, 0.29) is 39.7 Å². The minimum Gasteiger partial charge on any atom is -0.495 e. The Balaban J connectivity index is 1.93. The summed E-state index contributed by atoms with van der Waals surface area (Å²) in [6.07, 6.45) is 2.13. The number of hydrogen-bond donors (Lipinski definition) is 3. The van der Waals surface area contributed by atoms with Gasteiger partial charge in [0.2, 0.25) is 5.88 Å². The third kappa shape index (κ3) is 3.97. The average molecular weight is 428 g/mol. The summed E-state index contributed by atoms with van der Waals surface area (Å²) in [4.78, 5) is 18.6. The van der Waals surface area contributed by atoms with Crippen LogP contribution in [-0.4, -0.2) is 51.7 Å². The number of carbonyl (C=O) groups excluding carboxylic acids is 1. The molecule has 0 saturated heterocycles. The second-order valence-electron chi connectivity index (χ2n) is 6.31. The molecule has 0 bridgehead atoms. The van der Waals surface area contributed by atoms with E-state index in [4.69, 9.17) is 21.1 Å². The topological polar surface area (TPSA) is 104 Å². The van der Waals surface area contributed by atoms with Crippen molar-refractivity contribution in [2.75, 3.05) is 25.5 Å². The summed E-state index contributed by atoms with van der Waals surface area (Å²) in [6.45, 7) is 2.32. The standard InChI is InChI=1S/C18H22ClN3O5S/c1-4-13-10-27-17-14(18(23)22(13)2)8-12(9-20-17)21-28(24,25)16-7-11(19)5-6-15(16)26-3/h5-9,13,21,24-25H,4,10H2,1-3H3/t13-/m0/s1. The Hall–Kier alpha value is -2.20. The molecule has 3 N–H and O–H groups in total. The number of ether oxygens (including phenoxy) is 2. The molecule has 1 atom stereocenters. The molecule has 8 nitrogen and oxygen atoms in total. The zero-order chi connectivity index (χ0) is 20.5. The first-order valence-corrected chi connectivity index (χ1v) is 10.5. The Morgan fingerprint density at radius 2 is 2.18 bits per heavy atom. The molecule has 0 aliphatic carbocycles. The fourth-order valence-electron chi connectivity index (χ4n) is 2.90. The molecular weight excluding hydrogens is 406 g/mol. The second-order valence-corrected chi connectivity index (χ2v) is 8.49. The molecule has 0 radical (unpaired) electrons. The number of aromatic nitrogens is 1. The maximum absolute atomic E-state index is 12.8. The van der Waals surface area contributed by atoms with Gasteiger partial charge < -0.3 is 14.4 Å². The predicted molar refractivity (Wildman–Crippen MR) is 109 cm³/mol. The predicted octanol–water partition coefficient (Wildman–Crippen LogP) is 4.12. The van der Waals surface area contributed by atoms with E-state index < -0.39 is 10.8 Å². The molecule has 10 heteroatoms. The lowest BCUT2D eigenvalue weighted by molar-refractivity contribution is 0.0711. The number of benzene rings is 1. The highest BCUT2D eigenvalue weighted by Gasteiger charge is 2.29. The van der Waals surface area contributed by atoms with Gasteiger partial charge in [0.05, 0.1) is 25.0 Å². The number of methoxy groups -OCH3 is 1. The van der Waals surface area contributed by atoms with Crippen molar-refractivity contribution in [2.24, 2.45) is 0 Å². The van der Waals surface area contributed by atoms with E-state index in [1.54, 1.807) is 24.1 Å². The molecule has 3 rings (SSSR count). The van der Waals surface area contributed by atoms with Gasteiger partial charge in [0, 0.05) is 12.1 Å². The van der Waals surface area contributed by atoms with Gasteiger partial charge in [0.15, 0.2) is 0 Å². The normalized spacial score (nSPS) is 17.4. The van der Waals surface area contributed by atoms with Crippen molar-refractivity contribution < 1.29 is 23.4 Å². The first kappa shape index (κ1) is 20.5. The fraction of sp³-hybridized carbons (Fsp3) is 0.333. The zero-order valence-electron chi connectivity index (χ0n) is 15.7. The van der Waals surface area contributed by atoms with Crippen LogP contribution in [0, 0.1) is 0 Å². The van der Waals surface area contributed by atoms with Crippen molar-refractivity contribution in [2.45, 2.75) is 24.3 Å². The summed E-state index contributed by atoms with van der Waals surface area (Å²) >= 11 is 5.99. The van der Waals surface area contributed by atoms with Gasteiger partial charge in [0.25, 0.3) is 5.91 Å². The summed E-state index contributed by atoms with van der Waals surface area (Å²) in [5.74, 6) is 0.243. The molecular formula is C18H22ClN3O5S. The Bertz CT molecular complexity index is 896. The lowest BCUT2D eigenvalue weighted by atomic mass is 10.2. The van der Waals surface area contributed by atoms with Crippen LogP contribution in [0.15, 0.2) is 35.4 Å². The van der Waals surface area contributed by atoms with Crippen molar-refractivity contribution in [1.82, 2.24) is 9.88 Å². The largest absolute Gasteiger partial charge is 0.495 e. The average Bonchev–Trinajstić information content (AvgIpc) is 2.78. The molecule has 1 amide bonds. The second kappa shape index (κ2) is 8.04. The summed E-state index contributed by atoms with van der Waals surface area (Å²) in [5.41, 5.74) is 0.498. The molecule has 2 heterocycles. The Labute approximate surface area is 169 Å². The number of carbonyl (C=O) groups is 1. The van der Waals surface area contributed by atoms with Crippen molar-refractivity contribution in [3.63, 3.8) is 0 Å². The Kier molecular flexibility index (Phi) is 5.90. The van der Waals surface area contributed by atoms with E-state index in [9.17, 15) is 13.9 Å². The number of hydrogen-bond acceptors (Lipinski definition) is 7. The van der Waals surface area contributed by atoms with Gasteiger partial charge in [-0.15, -0.1) is 0 Å². The highest BCUT2D eigenvalue weighted by atomic mass is 35.5. The van der Waals surface area contributed by atoms with Crippen molar-refractivity contribution >= 4 is 34.0 Å². The first-order valence-electron chi connectivity index (χ1n) is 8.56. The molecule has 1 aromatic heterocycles. The van der Waals surface area contributed by atoms with Gasteiger partial charge in [-0.1, -0.05) is 29.3 Å². The zero-order valence-corrected chi connectivity index (χ0v) is 17.3. The highest BCUT2D eigenvalue weighted by molar-refractivity contribution is 8.25. The number of fused-ring (bicyclic) bond motifs is 1. The molecule has 1 aliphatic heterocycles.